The van der Waals surface area contributed by atoms with Crippen molar-refractivity contribution in [2.75, 3.05) is 5.73 Å². The van der Waals surface area contributed by atoms with Gasteiger partial charge in [0.05, 0.1) is 23.4 Å². The molecule has 1 atom stereocenters. The van der Waals surface area contributed by atoms with E-state index in [9.17, 15) is 0 Å². The second-order valence-corrected chi connectivity index (χ2v) is 5.71. The average molecular weight is 297 g/mol. The largest absolute Gasteiger partial charge is 0.463 e. The normalized spacial score (nSPS) is 12.2. The fraction of sp³-hybridized carbons (Fsp3) is 0.143. The smallest absolute Gasteiger partial charge is 0.191 e. The van der Waals surface area contributed by atoms with Crippen molar-refractivity contribution in [2.45, 2.75) is 17.3 Å². The minimum absolute atomic E-state index is 0.0256. The van der Waals surface area contributed by atoms with Gasteiger partial charge in [-0.25, -0.2) is 9.97 Å². The number of nitrogen functional groups attached to an aromatic ring is 1. The monoisotopic (exact) mass is 297 g/mol. The molecule has 3 heterocycles. The highest BCUT2D eigenvalue weighted by Crippen LogP contribution is 2.33. The fourth-order valence-corrected chi connectivity index (χ4v) is 2.75. The van der Waals surface area contributed by atoms with Crippen LogP contribution < -0.4 is 5.73 Å². The fourth-order valence-electron chi connectivity index (χ4n) is 1.88. The summed E-state index contributed by atoms with van der Waals surface area (Å²) in [5.74, 6) is 0.287. The molecule has 6 nitrogen and oxygen atoms in total. The molecule has 7 heteroatoms. The molecule has 0 spiro atoms. The molecule has 1 unspecified atom stereocenters. The Morgan fingerprint density at radius 1 is 1.38 bits per heavy atom. The van der Waals surface area contributed by atoms with Gasteiger partial charge in [0.1, 0.15) is 17.6 Å². The van der Waals surface area contributed by atoms with Gasteiger partial charge in [-0.15, -0.1) is 0 Å². The number of nitrogens with zero attached hydrogens (tertiary/aromatic N) is 4. The highest BCUT2D eigenvalue weighted by atomic mass is 32.2. The lowest BCUT2D eigenvalue weighted by atomic mass is 10.2. The molecular formula is C14H11N5OS. The van der Waals surface area contributed by atoms with Gasteiger partial charge in [0.2, 0.25) is 0 Å². The van der Waals surface area contributed by atoms with Crippen LogP contribution in [-0.2, 0) is 0 Å². The van der Waals surface area contributed by atoms with E-state index in [1.54, 1.807) is 12.5 Å². The molecule has 2 N–H and O–H groups in total. The summed E-state index contributed by atoms with van der Waals surface area (Å²) in [5.41, 5.74) is 7.57. The van der Waals surface area contributed by atoms with E-state index in [1.807, 2.05) is 25.1 Å². The molecule has 0 amide bonds. The van der Waals surface area contributed by atoms with E-state index in [0.29, 0.717) is 5.16 Å². The number of pyridine rings is 1. The zero-order valence-corrected chi connectivity index (χ0v) is 12.0. The van der Waals surface area contributed by atoms with Crippen molar-refractivity contribution in [1.82, 2.24) is 15.0 Å². The molecule has 3 aromatic heterocycles. The van der Waals surface area contributed by atoms with Gasteiger partial charge in [0, 0.05) is 11.5 Å². The quantitative estimate of drug-likeness (QED) is 0.585. The first-order chi connectivity index (χ1) is 10.2. The summed E-state index contributed by atoms with van der Waals surface area (Å²) in [5, 5.41) is 10.4. The van der Waals surface area contributed by atoms with E-state index in [0.717, 1.165) is 16.7 Å². The summed E-state index contributed by atoms with van der Waals surface area (Å²) >= 11 is 1.41. The van der Waals surface area contributed by atoms with Crippen molar-refractivity contribution in [3.05, 3.63) is 42.0 Å². The van der Waals surface area contributed by atoms with Crippen LogP contribution in [-0.4, -0.2) is 15.0 Å². The number of nitriles is 1. The van der Waals surface area contributed by atoms with E-state index < -0.39 is 0 Å². The molecule has 104 valence electrons. The third-order valence-corrected chi connectivity index (χ3v) is 3.89. The summed E-state index contributed by atoms with van der Waals surface area (Å²) in [6, 6.07) is 7.28. The number of hydrogen-bond acceptors (Lipinski definition) is 7. The maximum Gasteiger partial charge on any atom is 0.191 e. The Morgan fingerprint density at radius 3 is 3.05 bits per heavy atom. The van der Waals surface area contributed by atoms with Crippen LogP contribution in [0.4, 0.5) is 5.82 Å². The number of aromatic nitrogens is 3. The Labute approximate surface area is 125 Å². The number of anilines is 1. The van der Waals surface area contributed by atoms with Crippen LogP contribution in [0.2, 0.25) is 0 Å². The SMILES string of the molecule is CC(Sc1nc(N)cc(C#N)n1)c1cc2ccoc2cn1. The van der Waals surface area contributed by atoms with Gasteiger partial charge in [0.25, 0.3) is 0 Å². The molecule has 0 aromatic carbocycles. The minimum atomic E-state index is 0.0256. The van der Waals surface area contributed by atoms with Gasteiger partial charge in [-0.2, -0.15) is 5.26 Å². The van der Waals surface area contributed by atoms with Crippen LogP contribution in [0.1, 0.15) is 23.6 Å². The van der Waals surface area contributed by atoms with Gasteiger partial charge in [-0.1, -0.05) is 11.8 Å². The van der Waals surface area contributed by atoms with E-state index >= 15 is 0 Å². The highest BCUT2D eigenvalue weighted by molar-refractivity contribution is 7.99. The van der Waals surface area contributed by atoms with Crippen LogP contribution >= 0.6 is 11.8 Å². The van der Waals surface area contributed by atoms with Crippen molar-refractivity contribution >= 4 is 28.5 Å². The zero-order valence-electron chi connectivity index (χ0n) is 11.1. The standard InChI is InChI=1S/C14H11N5OS/c1-8(11-4-9-2-3-20-12(9)7-17-11)21-14-18-10(6-15)5-13(16)19-14/h2-5,7-8H,1H3,(H2,16,18,19). The molecule has 0 fully saturated rings. The van der Waals surface area contributed by atoms with Gasteiger partial charge < -0.3 is 10.2 Å². The van der Waals surface area contributed by atoms with Crippen molar-refractivity contribution in [3.63, 3.8) is 0 Å². The molecule has 0 bridgehead atoms. The van der Waals surface area contributed by atoms with Crippen LogP contribution in [0.5, 0.6) is 0 Å². The second kappa shape index (κ2) is 5.42. The van der Waals surface area contributed by atoms with E-state index in [1.165, 1.54) is 17.8 Å². The Balaban J connectivity index is 1.87. The maximum absolute atomic E-state index is 8.90. The maximum atomic E-state index is 8.90. The molecule has 3 rings (SSSR count). The summed E-state index contributed by atoms with van der Waals surface area (Å²) in [7, 11) is 0. The summed E-state index contributed by atoms with van der Waals surface area (Å²) in [6.07, 6.45) is 3.33. The summed E-state index contributed by atoms with van der Waals surface area (Å²) in [4.78, 5) is 12.6. The molecular weight excluding hydrogens is 286 g/mol. The topological polar surface area (TPSA) is 102 Å². The van der Waals surface area contributed by atoms with Crippen LogP contribution in [0.25, 0.3) is 11.0 Å². The summed E-state index contributed by atoms with van der Waals surface area (Å²) in [6.45, 7) is 2.00. The molecule has 0 aliphatic carbocycles. The van der Waals surface area contributed by atoms with Gasteiger partial charge in [0.15, 0.2) is 10.7 Å². The second-order valence-electron chi connectivity index (χ2n) is 4.40. The Bertz CT molecular complexity index is 839. The number of rotatable bonds is 3. The van der Waals surface area contributed by atoms with Crippen LogP contribution in [0, 0.1) is 11.3 Å². The lowest BCUT2D eigenvalue weighted by Gasteiger charge is -2.09. The zero-order chi connectivity index (χ0) is 14.8. The molecule has 21 heavy (non-hydrogen) atoms. The van der Waals surface area contributed by atoms with Gasteiger partial charge in [-0.05, 0) is 19.1 Å². The number of thioether (sulfide) groups is 1. The van der Waals surface area contributed by atoms with Crippen molar-refractivity contribution in [1.29, 1.82) is 5.26 Å². The first-order valence-corrected chi connectivity index (χ1v) is 7.08. The minimum Gasteiger partial charge on any atom is -0.463 e. The van der Waals surface area contributed by atoms with Crippen LogP contribution in [0.3, 0.4) is 0 Å². The molecule has 0 saturated heterocycles. The van der Waals surface area contributed by atoms with Gasteiger partial charge >= 0.3 is 0 Å². The first kappa shape index (κ1) is 13.4. The molecule has 3 aromatic rings. The molecule has 0 aliphatic heterocycles. The van der Waals surface area contributed by atoms with E-state index in [-0.39, 0.29) is 16.8 Å². The lowest BCUT2D eigenvalue weighted by molar-refractivity contribution is 0.614. The number of furan rings is 1. The average Bonchev–Trinajstić information content (AvgIpc) is 2.93. The molecule has 0 radical (unpaired) electrons. The number of fused-ring (bicyclic) bond motifs is 1. The third-order valence-electron chi connectivity index (χ3n) is 2.90. The number of nitrogens with two attached hydrogens (primary N) is 1. The van der Waals surface area contributed by atoms with Crippen molar-refractivity contribution < 1.29 is 4.42 Å². The Hall–Kier alpha value is -2.59. The highest BCUT2D eigenvalue weighted by Gasteiger charge is 2.13. The number of hydrogen-bond donors (Lipinski definition) is 1. The van der Waals surface area contributed by atoms with Crippen molar-refractivity contribution in [2.24, 2.45) is 0 Å². The van der Waals surface area contributed by atoms with Crippen molar-refractivity contribution in [3.8, 4) is 6.07 Å². The predicted octanol–water partition coefficient (Wildman–Crippen LogP) is 2.92. The van der Waals surface area contributed by atoms with Gasteiger partial charge in [-0.3, -0.25) is 4.98 Å². The third kappa shape index (κ3) is 2.80. The van der Waals surface area contributed by atoms with E-state index in [4.69, 9.17) is 15.4 Å². The predicted molar refractivity (Wildman–Crippen MR) is 79.4 cm³/mol. The van der Waals surface area contributed by atoms with E-state index in [2.05, 4.69) is 15.0 Å². The summed E-state index contributed by atoms with van der Waals surface area (Å²) < 4.78 is 5.27. The lowest BCUT2D eigenvalue weighted by Crippen LogP contribution is -1.99. The Kier molecular flexibility index (Phi) is 3.46. The van der Waals surface area contributed by atoms with Crippen LogP contribution in [0.15, 0.2) is 40.2 Å². The first-order valence-electron chi connectivity index (χ1n) is 6.20. The molecule has 0 aliphatic rings. The Morgan fingerprint density at radius 2 is 2.24 bits per heavy atom. The molecule has 0 saturated carbocycles.